The molecule has 0 amide bonds. The summed E-state index contributed by atoms with van der Waals surface area (Å²) in [6, 6.07) is 7.69. The fourth-order valence-corrected chi connectivity index (χ4v) is 0.961. The third kappa shape index (κ3) is 3.24. The van der Waals surface area contributed by atoms with Crippen LogP contribution in [0.1, 0.15) is 13.8 Å². The number of anilines is 2. The fraction of sp³-hybridized carbons (Fsp3) is 0.400. The molecule has 0 saturated carbocycles. The number of benzene rings is 1. The van der Waals surface area contributed by atoms with Crippen LogP contribution in [0.5, 0.6) is 0 Å². The van der Waals surface area contributed by atoms with Gasteiger partial charge in [0.2, 0.25) is 0 Å². The molecule has 0 heterocycles. The second-order valence-corrected chi connectivity index (χ2v) is 2.62. The lowest BCUT2D eigenvalue weighted by atomic mass is 10.3. The Morgan fingerprint density at radius 3 is 1.71 bits per heavy atom. The van der Waals surface area contributed by atoms with Crippen molar-refractivity contribution in [1.82, 2.24) is 0 Å². The zero-order valence-corrected chi connectivity index (χ0v) is 8.54. The predicted molar refractivity (Wildman–Crippen MR) is 56.9 cm³/mol. The first-order valence-electron chi connectivity index (χ1n) is 4.73. The summed E-state index contributed by atoms with van der Waals surface area (Å²) >= 11 is 0. The molecule has 1 aromatic rings. The Kier molecular flexibility index (Phi) is 4.82. The fourth-order valence-electron chi connectivity index (χ4n) is 0.961. The van der Waals surface area contributed by atoms with E-state index in [1.54, 1.807) is 0 Å². The molecule has 78 valence electrons. The van der Waals surface area contributed by atoms with Gasteiger partial charge in [-0.2, -0.15) is 0 Å². The van der Waals surface area contributed by atoms with Gasteiger partial charge in [0, 0.05) is 0 Å². The van der Waals surface area contributed by atoms with Crippen LogP contribution in [-0.4, -0.2) is 13.2 Å². The van der Waals surface area contributed by atoms with Crippen LogP contribution in [-0.2, 0) is 9.68 Å². The Balaban J connectivity index is 2.60. The number of para-hydroxylation sites is 2. The quantitative estimate of drug-likeness (QED) is 0.686. The van der Waals surface area contributed by atoms with Crippen molar-refractivity contribution < 1.29 is 9.68 Å². The topological polar surface area (TPSA) is 42.5 Å². The monoisotopic (exact) mass is 196 g/mol. The second kappa shape index (κ2) is 6.23. The number of hydrogen-bond donors (Lipinski definition) is 2. The molecule has 0 unspecified atom stereocenters. The summed E-state index contributed by atoms with van der Waals surface area (Å²) in [5, 5.41) is 0. The molecular formula is C10H16N2O2. The SMILES string of the molecule is CCONc1ccccc1NOCC. The summed E-state index contributed by atoms with van der Waals surface area (Å²) in [6.07, 6.45) is 0. The summed E-state index contributed by atoms with van der Waals surface area (Å²) in [5.41, 5.74) is 7.39. The van der Waals surface area contributed by atoms with Gasteiger partial charge in [0.1, 0.15) is 0 Å². The lowest BCUT2D eigenvalue weighted by molar-refractivity contribution is 0.203. The molecule has 0 fully saturated rings. The van der Waals surface area contributed by atoms with Gasteiger partial charge < -0.3 is 0 Å². The Morgan fingerprint density at radius 2 is 1.36 bits per heavy atom. The predicted octanol–water partition coefficient (Wildman–Crippen LogP) is 2.41. The molecule has 4 nitrogen and oxygen atoms in total. The van der Waals surface area contributed by atoms with E-state index in [0.717, 1.165) is 11.4 Å². The molecule has 0 aliphatic carbocycles. The molecule has 0 radical (unpaired) electrons. The van der Waals surface area contributed by atoms with Gasteiger partial charge in [-0.1, -0.05) is 12.1 Å². The Labute approximate surface area is 84.1 Å². The van der Waals surface area contributed by atoms with Crippen LogP contribution in [0.2, 0.25) is 0 Å². The van der Waals surface area contributed by atoms with E-state index < -0.39 is 0 Å². The highest BCUT2D eigenvalue weighted by molar-refractivity contribution is 5.66. The average Bonchev–Trinajstić information content (AvgIpc) is 2.24. The first-order chi connectivity index (χ1) is 6.88. The van der Waals surface area contributed by atoms with Gasteiger partial charge in [0.05, 0.1) is 24.6 Å². The van der Waals surface area contributed by atoms with Crippen molar-refractivity contribution in [2.45, 2.75) is 13.8 Å². The molecule has 0 aliphatic heterocycles. The minimum Gasteiger partial charge on any atom is -0.276 e. The van der Waals surface area contributed by atoms with E-state index in [1.165, 1.54) is 0 Å². The summed E-state index contributed by atoms with van der Waals surface area (Å²) in [5.74, 6) is 0. The first-order valence-corrected chi connectivity index (χ1v) is 4.73. The highest BCUT2D eigenvalue weighted by Crippen LogP contribution is 2.20. The van der Waals surface area contributed by atoms with Gasteiger partial charge in [0.15, 0.2) is 0 Å². The van der Waals surface area contributed by atoms with Crippen molar-refractivity contribution in [1.29, 1.82) is 0 Å². The third-order valence-corrected chi connectivity index (χ3v) is 1.58. The molecule has 0 atom stereocenters. The number of nitrogens with one attached hydrogen (secondary N) is 2. The standard InChI is InChI=1S/C10H16N2O2/c1-3-13-11-9-7-5-6-8-10(9)12-14-4-2/h5-8,11-12H,3-4H2,1-2H3. The van der Waals surface area contributed by atoms with Gasteiger partial charge in [-0.15, -0.1) is 0 Å². The number of hydrogen-bond acceptors (Lipinski definition) is 4. The van der Waals surface area contributed by atoms with E-state index in [9.17, 15) is 0 Å². The molecule has 1 rings (SSSR count). The maximum Gasteiger partial charge on any atom is 0.0858 e. The van der Waals surface area contributed by atoms with E-state index >= 15 is 0 Å². The highest BCUT2D eigenvalue weighted by atomic mass is 16.7. The highest BCUT2D eigenvalue weighted by Gasteiger charge is 1.99. The third-order valence-electron chi connectivity index (χ3n) is 1.58. The molecule has 2 N–H and O–H groups in total. The molecule has 1 aromatic carbocycles. The summed E-state index contributed by atoms with van der Waals surface area (Å²) < 4.78 is 0. The Hall–Kier alpha value is -1.26. The van der Waals surface area contributed by atoms with Gasteiger partial charge in [-0.25, -0.2) is 0 Å². The van der Waals surface area contributed by atoms with Crippen molar-refractivity contribution in [3.05, 3.63) is 24.3 Å². The summed E-state index contributed by atoms with van der Waals surface area (Å²) in [4.78, 5) is 10.2. The summed E-state index contributed by atoms with van der Waals surface area (Å²) in [6.45, 7) is 5.07. The molecule has 0 spiro atoms. The Bertz CT molecular complexity index is 239. The van der Waals surface area contributed by atoms with E-state index in [2.05, 4.69) is 11.0 Å². The minimum atomic E-state index is 0.614. The first kappa shape index (κ1) is 10.8. The van der Waals surface area contributed by atoms with Gasteiger partial charge in [-0.3, -0.25) is 20.6 Å². The van der Waals surface area contributed by atoms with Crippen molar-refractivity contribution in [2.24, 2.45) is 0 Å². The normalized spacial score (nSPS) is 9.86. The van der Waals surface area contributed by atoms with Crippen LogP contribution in [0.15, 0.2) is 24.3 Å². The zero-order valence-electron chi connectivity index (χ0n) is 8.54. The molecule has 0 aliphatic rings. The second-order valence-electron chi connectivity index (χ2n) is 2.62. The lowest BCUT2D eigenvalue weighted by Crippen LogP contribution is -2.06. The molecule has 14 heavy (non-hydrogen) atoms. The Morgan fingerprint density at radius 1 is 0.929 bits per heavy atom. The van der Waals surface area contributed by atoms with Crippen molar-refractivity contribution in [3.8, 4) is 0 Å². The molecule has 0 aromatic heterocycles. The maximum atomic E-state index is 5.09. The van der Waals surface area contributed by atoms with E-state index in [0.29, 0.717) is 13.2 Å². The smallest absolute Gasteiger partial charge is 0.0858 e. The molecule has 0 bridgehead atoms. The average molecular weight is 196 g/mol. The van der Waals surface area contributed by atoms with Crippen molar-refractivity contribution >= 4 is 11.4 Å². The maximum absolute atomic E-state index is 5.09. The van der Waals surface area contributed by atoms with Crippen molar-refractivity contribution in [3.63, 3.8) is 0 Å². The number of rotatable bonds is 6. The van der Waals surface area contributed by atoms with Gasteiger partial charge >= 0.3 is 0 Å². The zero-order chi connectivity index (χ0) is 10.2. The van der Waals surface area contributed by atoms with E-state index in [4.69, 9.17) is 9.68 Å². The van der Waals surface area contributed by atoms with Crippen LogP contribution < -0.4 is 11.0 Å². The largest absolute Gasteiger partial charge is 0.276 e. The van der Waals surface area contributed by atoms with Gasteiger partial charge in [0.25, 0.3) is 0 Å². The molecule has 4 heteroatoms. The van der Waals surface area contributed by atoms with E-state index in [1.807, 2.05) is 38.1 Å². The lowest BCUT2D eigenvalue weighted by Gasteiger charge is -2.11. The van der Waals surface area contributed by atoms with Crippen molar-refractivity contribution in [2.75, 3.05) is 24.2 Å². The molecule has 0 saturated heterocycles. The summed E-state index contributed by atoms with van der Waals surface area (Å²) in [7, 11) is 0. The van der Waals surface area contributed by atoms with Crippen LogP contribution in [0.3, 0.4) is 0 Å². The van der Waals surface area contributed by atoms with Crippen LogP contribution in [0, 0.1) is 0 Å². The minimum absolute atomic E-state index is 0.614. The molecular weight excluding hydrogens is 180 g/mol. The van der Waals surface area contributed by atoms with Crippen LogP contribution in [0.4, 0.5) is 11.4 Å². The van der Waals surface area contributed by atoms with Gasteiger partial charge in [-0.05, 0) is 26.0 Å². The van der Waals surface area contributed by atoms with Crippen LogP contribution in [0.25, 0.3) is 0 Å². The van der Waals surface area contributed by atoms with Crippen LogP contribution >= 0.6 is 0 Å². The van der Waals surface area contributed by atoms with E-state index in [-0.39, 0.29) is 0 Å².